The number of fused-ring (bicyclic) bond motifs is 1. The molecule has 0 fully saturated rings. The average Bonchev–Trinajstić information content (AvgIpc) is 3.11. The van der Waals surface area contributed by atoms with Crippen LogP contribution in [0.1, 0.15) is 31.4 Å². The molecule has 4 aromatic rings. The van der Waals surface area contributed by atoms with Crippen molar-refractivity contribution in [3.05, 3.63) is 78.3 Å². The molecule has 7 heteroatoms. The van der Waals surface area contributed by atoms with Crippen LogP contribution >= 0.6 is 0 Å². The van der Waals surface area contributed by atoms with Crippen LogP contribution in [0.2, 0.25) is 0 Å². The van der Waals surface area contributed by atoms with Crippen LogP contribution in [-0.4, -0.2) is 19.4 Å². The van der Waals surface area contributed by atoms with Crippen LogP contribution in [0.3, 0.4) is 0 Å². The van der Waals surface area contributed by atoms with Gasteiger partial charge >= 0.3 is 0 Å². The lowest BCUT2D eigenvalue weighted by Gasteiger charge is -2.19. The van der Waals surface area contributed by atoms with Gasteiger partial charge in [-0.1, -0.05) is 25.5 Å². The van der Waals surface area contributed by atoms with Crippen molar-refractivity contribution in [3.63, 3.8) is 0 Å². The van der Waals surface area contributed by atoms with Crippen molar-refractivity contribution in [3.8, 4) is 11.5 Å². The molecule has 142 valence electrons. The Balaban J connectivity index is 1.65. The SMILES string of the molecule is CCC[C@H](Nc1ccnc(-c2cnc3ccc(F)cn23)n1)c1ccc(F)cc1. The molecule has 1 N–H and O–H groups in total. The summed E-state index contributed by atoms with van der Waals surface area (Å²) >= 11 is 0. The molecule has 0 saturated heterocycles. The average molecular weight is 379 g/mol. The maximum atomic E-state index is 13.6. The Hall–Kier alpha value is -3.35. The lowest BCUT2D eigenvalue weighted by atomic mass is 10.0. The van der Waals surface area contributed by atoms with E-state index in [0.717, 1.165) is 18.4 Å². The molecule has 4 rings (SSSR count). The summed E-state index contributed by atoms with van der Waals surface area (Å²) in [5.41, 5.74) is 2.21. The first kappa shape index (κ1) is 18.0. The molecule has 0 spiro atoms. The smallest absolute Gasteiger partial charge is 0.180 e. The van der Waals surface area contributed by atoms with Gasteiger partial charge in [0.25, 0.3) is 0 Å². The van der Waals surface area contributed by atoms with Crippen LogP contribution in [0.15, 0.2) is 61.1 Å². The summed E-state index contributed by atoms with van der Waals surface area (Å²) < 4.78 is 28.5. The Labute approximate surface area is 161 Å². The van der Waals surface area contributed by atoms with Gasteiger partial charge in [0.1, 0.15) is 28.8 Å². The van der Waals surface area contributed by atoms with Gasteiger partial charge in [-0.2, -0.15) is 0 Å². The van der Waals surface area contributed by atoms with Gasteiger partial charge in [-0.25, -0.2) is 23.7 Å². The van der Waals surface area contributed by atoms with Gasteiger partial charge in [0, 0.05) is 12.4 Å². The van der Waals surface area contributed by atoms with Crippen molar-refractivity contribution in [1.82, 2.24) is 19.4 Å². The molecule has 1 atom stereocenters. The second-order valence-corrected chi connectivity index (χ2v) is 6.52. The molecular formula is C21H19F2N5. The molecule has 1 aromatic carbocycles. The lowest BCUT2D eigenvalue weighted by molar-refractivity contribution is 0.619. The number of hydrogen-bond donors (Lipinski definition) is 1. The molecule has 3 aromatic heterocycles. The maximum Gasteiger partial charge on any atom is 0.180 e. The van der Waals surface area contributed by atoms with Crippen molar-refractivity contribution in [1.29, 1.82) is 0 Å². The number of rotatable bonds is 6. The highest BCUT2D eigenvalue weighted by Crippen LogP contribution is 2.25. The van der Waals surface area contributed by atoms with E-state index in [2.05, 4.69) is 27.2 Å². The fourth-order valence-electron chi connectivity index (χ4n) is 3.17. The summed E-state index contributed by atoms with van der Waals surface area (Å²) in [6.07, 6.45) is 6.46. The first-order chi connectivity index (χ1) is 13.6. The first-order valence-corrected chi connectivity index (χ1v) is 9.12. The highest BCUT2D eigenvalue weighted by atomic mass is 19.1. The Bertz CT molecular complexity index is 1090. The van der Waals surface area contributed by atoms with Crippen LogP contribution in [0.5, 0.6) is 0 Å². The van der Waals surface area contributed by atoms with Crippen LogP contribution in [-0.2, 0) is 0 Å². The molecule has 3 heterocycles. The Morgan fingerprint density at radius 1 is 1.00 bits per heavy atom. The predicted octanol–water partition coefficient (Wildman–Crippen LogP) is 5.02. The van der Waals surface area contributed by atoms with Crippen molar-refractivity contribution in [2.45, 2.75) is 25.8 Å². The minimum absolute atomic E-state index is 0.00650. The normalized spacial score (nSPS) is 12.2. The first-order valence-electron chi connectivity index (χ1n) is 9.12. The van der Waals surface area contributed by atoms with Crippen LogP contribution < -0.4 is 5.32 Å². The zero-order chi connectivity index (χ0) is 19.5. The van der Waals surface area contributed by atoms with Gasteiger partial charge in [-0.15, -0.1) is 0 Å². The summed E-state index contributed by atoms with van der Waals surface area (Å²) in [6, 6.07) is 11.2. The van der Waals surface area contributed by atoms with E-state index >= 15 is 0 Å². The molecule has 0 aliphatic rings. The third-order valence-corrected chi connectivity index (χ3v) is 4.53. The molecule has 0 unspecified atom stereocenters. The van der Waals surface area contributed by atoms with Crippen LogP contribution in [0, 0.1) is 11.6 Å². The second-order valence-electron chi connectivity index (χ2n) is 6.52. The molecule has 0 aliphatic heterocycles. The molecule has 28 heavy (non-hydrogen) atoms. The third kappa shape index (κ3) is 3.69. The summed E-state index contributed by atoms with van der Waals surface area (Å²) in [6.45, 7) is 2.09. The Morgan fingerprint density at radius 3 is 2.57 bits per heavy atom. The molecular weight excluding hydrogens is 360 g/mol. The summed E-state index contributed by atoms with van der Waals surface area (Å²) in [5, 5.41) is 3.40. The maximum absolute atomic E-state index is 13.6. The molecule has 0 aliphatic carbocycles. The van der Waals surface area contributed by atoms with E-state index in [0.29, 0.717) is 23.0 Å². The quantitative estimate of drug-likeness (QED) is 0.511. The van der Waals surface area contributed by atoms with E-state index in [1.165, 1.54) is 24.4 Å². The third-order valence-electron chi connectivity index (χ3n) is 4.53. The van der Waals surface area contributed by atoms with Gasteiger partial charge in [0.2, 0.25) is 0 Å². The van der Waals surface area contributed by atoms with Crippen molar-refractivity contribution >= 4 is 11.5 Å². The topological polar surface area (TPSA) is 55.1 Å². The van der Waals surface area contributed by atoms with E-state index in [-0.39, 0.29) is 17.7 Å². The molecule has 0 saturated carbocycles. The monoisotopic (exact) mass is 379 g/mol. The zero-order valence-electron chi connectivity index (χ0n) is 15.3. The number of pyridine rings is 1. The van der Waals surface area contributed by atoms with Gasteiger partial charge < -0.3 is 5.32 Å². The number of aromatic nitrogens is 4. The fraction of sp³-hybridized carbons (Fsp3) is 0.190. The fourth-order valence-corrected chi connectivity index (χ4v) is 3.17. The number of hydrogen-bond acceptors (Lipinski definition) is 4. The van der Waals surface area contributed by atoms with Gasteiger partial charge in [0.05, 0.1) is 12.2 Å². The van der Waals surface area contributed by atoms with Crippen molar-refractivity contribution < 1.29 is 8.78 Å². The predicted molar refractivity (Wildman–Crippen MR) is 104 cm³/mol. The summed E-state index contributed by atoms with van der Waals surface area (Å²) in [7, 11) is 0. The van der Waals surface area contributed by atoms with E-state index < -0.39 is 0 Å². The molecule has 0 bridgehead atoms. The molecule has 0 amide bonds. The van der Waals surface area contributed by atoms with Gasteiger partial charge in [-0.3, -0.25) is 4.40 Å². The van der Waals surface area contributed by atoms with Crippen LogP contribution in [0.4, 0.5) is 14.6 Å². The summed E-state index contributed by atoms with van der Waals surface area (Å²) in [5.74, 6) is 0.458. The van der Waals surface area contributed by atoms with E-state index in [4.69, 9.17) is 0 Å². The number of benzene rings is 1. The number of anilines is 1. The number of nitrogens with zero attached hydrogens (tertiary/aromatic N) is 4. The van der Waals surface area contributed by atoms with Crippen LogP contribution in [0.25, 0.3) is 17.2 Å². The molecule has 0 radical (unpaired) electrons. The highest BCUT2D eigenvalue weighted by Gasteiger charge is 2.14. The second kappa shape index (κ2) is 7.72. The lowest BCUT2D eigenvalue weighted by Crippen LogP contribution is -2.12. The largest absolute Gasteiger partial charge is 0.363 e. The number of imidazole rings is 1. The van der Waals surface area contributed by atoms with Crippen molar-refractivity contribution in [2.24, 2.45) is 0 Å². The zero-order valence-corrected chi connectivity index (χ0v) is 15.3. The Kier molecular flexibility index (Phi) is 4.97. The van der Waals surface area contributed by atoms with Gasteiger partial charge in [-0.05, 0) is 42.3 Å². The number of nitrogens with one attached hydrogen (secondary N) is 1. The minimum Gasteiger partial charge on any atom is -0.363 e. The van der Waals surface area contributed by atoms with Gasteiger partial charge in [0.15, 0.2) is 5.82 Å². The Morgan fingerprint density at radius 2 is 1.79 bits per heavy atom. The van der Waals surface area contributed by atoms with Crippen molar-refractivity contribution in [2.75, 3.05) is 5.32 Å². The molecule has 5 nitrogen and oxygen atoms in total. The standard InChI is InChI=1S/C21H19F2N5/c1-2-3-17(14-4-6-15(22)7-5-14)26-19-10-11-24-21(27-19)18-12-25-20-9-8-16(23)13-28(18)20/h4-13,17H,2-3H2,1H3,(H,24,26,27)/t17-/m0/s1. The van der Waals surface area contributed by atoms with E-state index in [9.17, 15) is 8.78 Å². The minimum atomic E-state index is -0.361. The number of halogens is 2. The summed E-state index contributed by atoms with van der Waals surface area (Å²) in [4.78, 5) is 13.2. The van der Waals surface area contributed by atoms with E-state index in [1.807, 2.05) is 0 Å². The highest BCUT2D eigenvalue weighted by molar-refractivity contribution is 5.58. The van der Waals surface area contributed by atoms with E-state index in [1.54, 1.807) is 41.1 Å².